The Morgan fingerprint density at radius 3 is 2.53 bits per heavy atom. The molecule has 0 saturated carbocycles. The second-order valence-electron chi connectivity index (χ2n) is 6.52. The van der Waals surface area contributed by atoms with Crippen molar-refractivity contribution < 1.29 is 23.1 Å². The number of nitrogen functional groups attached to an aromatic ring is 2. The lowest BCUT2D eigenvalue weighted by atomic mass is 9.95. The van der Waals surface area contributed by atoms with Crippen LogP contribution in [0.25, 0.3) is 32.9 Å². The molecule has 0 unspecified atom stereocenters. The van der Waals surface area contributed by atoms with Gasteiger partial charge in [-0.3, -0.25) is 4.79 Å². The maximum atomic E-state index is 13.8. The third-order valence-corrected chi connectivity index (χ3v) is 5.71. The molecule has 5 N–H and O–H groups in total. The molecule has 0 amide bonds. The van der Waals surface area contributed by atoms with Crippen molar-refractivity contribution in [2.24, 2.45) is 0 Å². The summed E-state index contributed by atoms with van der Waals surface area (Å²) in [5, 5.41) is 10.1. The standard InChI is InChI=1S/C19H13F3IN5O2/c20-19(21,22)10-4-2-1-3-8(10)12-14(23)15-13(17(24)27-18(25)26-15)9-5-6-28(16(9)12)7-11(29)30/h1-6H,7H2,(H,29,30)(H4,24,25,26,27). The molecule has 4 aromatic rings. The number of carboxylic acid groups (broad SMARTS) is 1. The summed E-state index contributed by atoms with van der Waals surface area (Å²) in [6, 6.07) is 6.70. The van der Waals surface area contributed by atoms with Crippen molar-refractivity contribution in [3.8, 4) is 11.1 Å². The van der Waals surface area contributed by atoms with Crippen LogP contribution in [0.15, 0.2) is 36.5 Å². The summed E-state index contributed by atoms with van der Waals surface area (Å²) in [4.78, 5) is 19.5. The van der Waals surface area contributed by atoms with E-state index in [1.165, 1.54) is 29.0 Å². The van der Waals surface area contributed by atoms with Crippen LogP contribution in [0.3, 0.4) is 0 Å². The van der Waals surface area contributed by atoms with Crippen LogP contribution in [-0.2, 0) is 17.5 Å². The number of carboxylic acids is 1. The second-order valence-corrected chi connectivity index (χ2v) is 7.60. The largest absolute Gasteiger partial charge is 0.480 e. The Morgan fingerprint density at radius 1 is 1.17 bits per heavy atom. The number of rotatable bonds is 3. The molecule has 2 aromatic heterocycles. The Hall–Kier alpha value is -3.09. The van der Waals surface area contributed by atoms with E-state index < -0.39 is 24.3 Å². The maximum absolute atomic E-state index is 13.8. The summed E-state index contributed by atoms with van der Waals surface area (Å²) < 4.78 is 43.1. The molecule has 11 heteroatoms. The first-order valence-corrected chi connectivity index (χ1v) is 9.59. The van der Waals surface area contributed by atoms with Crippen molar-refractivity contribution in [1.82, 2.24) is 14.5 Å². The highest BCUT2D eigenvalue weighted by Crippen LogP contribution is 2.45. The normalized spacial score (nSPS) is 12.0. The molecule has 0 aliphatic carbocycles. The predicted octanol–water partition coefficient (Wildman–Crippen LogP) is 4.12. The van der Waals surface area contributed by atoms with Crippen LogP contribution in [0.5, 0.6) is 0 Å². The van der Waals surface area contributed by atoms with Gasteiger partial charge in [-0.2, -0.15) is 18.2 Å². The lowest BCUT2D eigenvalue weighted by Crippen LogP contribution is -2.11. The summed E-state index contributed by atoms with van der Waals surface area (Å²) in [6.07, 6.45) is -3.13. The number of anilines is 2. The summed E-state index contributed by atoms with van der Waals surface area (Å²) in [7, 11) is 0. The molecule has 30 heavy (non-hydrogen) atoms. The van der Waals surface area contributed by atoms with E-state index in [1.54, 1.807) is 6.07 Å². The van der Waals surface area contributed by atoms with Crippen LogP contribution in [-0.4, -0.2) is 25.6 Å². The smallest absolute Gasteiger partial charge is 0.417 e. The van der Waals surface area contributed by atoms with Crippen molar-refractivity contribution >= 4 is 62.1 Å². The summed E-state index contributed by atoms with van der Waals surface area (Å²) >= 11 is 1.89. The predicted molar refractivity (Wildman–Crippen MR) is 115 cm³/mol. The van der Waals surface area contributed by atoms with Crippen LogP contribution in [0.1, 0.15) is 5.56 Å². The second kappa shape index (κ2) is 7.00. The molecule has 0 spiro atoms. The van der Waals surface area contributed by atoms with Gasteiger partial charge in [0.25, 0.3) is 0 Å². The maximum Gasteiger partial charge on any atom is 0.417 e. The fraction of sp³-hybridized carbons (Fsp3) is 0.105. The zero-order valence-electron chi connectivity index (χ0n) is 15.0. The van der Waals surface area contributed by atoms with E-state index in [0.717, 1.165) is 6.07 Å². The minimum absolute atomic E-state index is 0.0594. The topological polar surface area (TPSA) is 120 Å². The van der Waals surface area contributed by atoms with Gasteiger partial charge >= 0.3 is 12.1 Å². The molecule has 0 saturated heterocycles. The van der Waals surface area contributed by atoms with E-state index in [0.29, 0.717) is 25.4 Å². The zero-order chi connectivity index (χ0) is 21.8. The Bertz CT molecular complexity index is 1330. The molecule has 0 fully saturated rings. The average molecular weight is 527 g/mol. The van der Waals surface area contributed by atoms with E-state index in [9.17, 15) is 23.1 Å². The van der Waals surface area contributed by atoms with E-state index in [2.05, 4.69) is 9.97 Å². The minimum Gasteiger partial charge on any atom is -0.480 e. The third-order valence-electron chi connectivity index (χ3n) is 4.66. The van der Waals surface area contributed by atoms with Gasteiger partial charge in [-0.25, -0.2) is 4.98 Å². The fourth-order valence-corrected chi connectivity index (χ4v) is 4.50. The fourth-order valence-electron chi connectivity index (χ4n) is 3.57. The van der Waals surface area contributed by atoms with Gasteiger partial charge < -0.3 is 21.1 Å². The molecule has 0 aliphatic heterocycles. The number of fused-ring (bicyclic) bond motifs is 3. The zero-order valence-corrected chi connectivity index (χ0v) is 17.2. The lowest BCUT2D eigenvalue weighted by molar-refractivity contribution is -0.138. The molecule has 4 rings (SSSR count). The van der Waals surface area contributed by atoms with Gasteiger partial charge in [0.15, 0.2) is 0 Å². The molecule has 2 aromatic carbocycles. The summed E-state index contributed by atoms with van der Waals surface area (Å²) in [5.74, 6) is -1.19. The van der Waals surface area contributed by atoms with Crippen LogP contribution in [0, 0.1) is 3.57 Å². The monoisotopic (exact) mass is 527 g/mol. The Balaban J connectivity index is 2.25. The molecule has 0 bridgehead atoms. The summed E-state index contributed by atoms with van der Waals surface area (Å²) in [6.45, 7) is -0.442. The van der Waals surface area contributed by atoms with Gasteiger partial charge in [0.2, 0.25) is 5.95 Å². The van der Waals surface area contributed by atoms with Crippen LogP contribution >= 0.6 is 22.6 Å². The Labute approximate surface area is 180 Å². The SMILES string of the molecule is Nc1nc(N)c2c(n1)c(I)c(-c1ccccc1C(F)(F)F)c1c2ccn1CC(=O)O. The number of benzene rings is 2. The van der Waals surface area contributed by atoms with Gasteiger partial charge in [-0.1, -0.05) is 18.2 Å². The van der Waals surface area contributed by atoms with E-state index in [-0.39, 0.29) is 22.9 Å². The number of nitrogens with two attached hydrogens (primary N) is 2. The van der Waals surface area contributed by atoms with Crippen molar-refractivity contribution in [3.05, 3.63) is 45.7 Å². The van der Waals surface area contributed by atoms with E-state index >= 15 is 0 Å². The van der Waals surface area contributed by atoms with Crippen molar-refractivity contribution in [2.45, 2.75) is 12.7 Å². The number of aliphatic carboxylic acids is 1. The quantitative estimate of drug-likeness (QED) is 0.345. The number of aromatic nitrogens is 3. The first kappa shape index (κ1) is 20.2. The molecule has 7 nitrogen and oxygen atoms in total. The highest BCUT2D eigenvalue weighted by molar-refractivity contribution is 14.1. The first-order valence-electron chi connectivity index (χ1n) is 8.51. The van der Waals surface area contributed by atoms with Crippen molar-refractivity contribution in [3.63, 3.8) is 0 Å². The Kier molecular flexibility index (Phi) is 4.71. The van der Waals surface area contributed by atoms with Gasteiger partial charge in [0.1, 0.15) is 12.4 Å². The van der Waals surface area contributed by atoms with Crippen LogP contribution < -0.4 is 11.5 Å². The highest BCUT2D eigenvalue weighted by atomic mass is 127. The molecule has 0 atom stereocenters. The number of nitrogens with zero attached hydrogens (tertiary/aromatic N) is 3. The average Bonchev–Trinajstić information content (AvgIpc) is 3.03. The Morgan fingerprint density at radius 2 is 1.87 bits per heavy atom. The highest BCUT2D eigenvalue weighted by Gasteiger charge is 2.35. The van der Waals surface area contributed by atoms with Gasteiger partial charge in [-0.15, -0.1) is 0 Å². The van der Waals surface area contributed by atoms with Gasteiger partial charge in [0, 0.05) is 20.7 Å². The van der Waals surface area contributed by atoms with Crippen molar-refractivity contribution in [2.75, 3.05) is 11.5 Å². The van der Waals surface area contributed by atoms with Crippen LogP contribution in [0.2, 0.25) is 0 Å². The lowest BCUT2D eigenvalue weighted by Gasteiger charge is -2.18. The molecule has 154 valence electrons. The van der Waals surface area contributed by atoms with E-state index in [1.807, 2.05) is 22.6 Å². The number of hydrogen-bond acceptors (Lipinski definition) is 5. The minimum atomic E-state index is -4.62. The molecule has 0 radical (unpaired) electrons. The number of carbonyl (C=O) groups is 1. The molecule has 2 heterocycles. The molecular formula is C19H13F3IN5O2. The molecule has 0 aliphatic rings. The van der Waals surface area contributed by atoms with Gasteiger partial charge in [-0.05, 0) is 40.3 Å². The summed E-state index contributed by atoms with van der Waals surface area (Å²) in [5.41, 5.74) is 11.6. The molecular weight excluding hydrogens is 514 g/mol. The number of alkyl halides is 3. The first-order chi connectivity index (χ1) is 14.1. The number of halogens is 4. The third kappa shape index (κ3) is 3.18. The van der Waals surface area contributed by atoms with Gasteiger partial charge in [0.05, 0.1) is 22.0 Å². The van der Waals surface area contributed by atoms with E-state index in [4.69, 9.17) is 11.5 Å². The van der Waals surface area contributed by atoms with Crippen molar-refractivity contribution in [1.29, 1.82) is 0 Å². The van der Waals surface area contributed by atoms with Crippen LogP contribution in [0.4, 0.5) is 24.9 Å². The number of hydrogen-bond donors (Lipinski definition) is 3.